The van der Waals surface area contributed by atoms with Gasteiger partial charge >= 0.3 is 0 Å². The standard InChI is InChI=1S/C19H24N6OS/c1-4-17(26-13-1)18-23-16(15-27-18)14-20-5-3-8-24-9-11-25(12-10-24)19-21-6-2-7-22-19/h1-2,4,6-7,13,15,20H,3,5,8-12,14H2. The van der Waals surface area contributed by atoms with Crippen molar-refractivity contribution in [3.63, 3.8) is 0 Å². The van der Waals surface area contributed by atoms with Crippen LogP contribution < -0.4 is 10.2 Å². The van der Waals surface area contributed by atoms with Crippen LogP contribution in [0.15, 0.2) is 46.7 Å². The first-order valence-corrected chi connectivity index (χ1v) is 10.2. The zero-order valence-corrected chi connectivity index (χ0v) is 16.1. The van der Waals surface area contributed by atoms with Gasteiger partial charge in [-0.3, -0.25) is 4.90 Å². The summed E-state index contributed by atoms with van der Waals surface area (Å²) >= 11 is 1.62. The van der Waals surface area contributed by atoms with Crippen molar-refractivity contribution >= 4 is 17.3 Å². The van der Waals surface area contributed by atoms with Crippen molar-refractivity contribution in [3.8, 4) is 10.8 Å². The van der Waals surface area contributed by atoms with Crippen molar-refractivity contribution in [2.45, 2.75) is 13.0 Å². The van der Waals surface area contributed by atoms with Crippen LogP contribution in [0.2, 0.25) is 0 Å². The second-order valence-electron chi connectivity index (χ2n) is 6.53. The molecule has 0 saturated carbocycles. The highest BCUT2D eigenvalue weighted by atomic mass is 32.1. The van der Waals surface area contributed by atoms with Gasteiger partial charge in [0.25, 0.3) is 0 Å². The molecule has 8 heteroatoms. The van der Waals surface area contributed by atoms with E-state index >= 15 is 0 Å². The number of piperazine rings is 1. The van der Waals surface area contributed by atoms with E-state index in [2.05, 4.69) is 35.4 Å². The van der Waals surface area contributed by atoms with Gasteiger partial charge in [-0.1, -0.05) is 0 Å². The van der Waals surface area contributed by atoms with Crippen LogP contribution in [0.4, 0.5) is 5.95 Å². The van der Waals surface area contributed by atoms with Gasteiger partial charge in [-0.05, 0) is 37.7 Å². The molecule has 4 heterocycles. The number of hydrogen-bond donors (Lipinski definition) is 1. The molecule has 1 fully saturated rings. The Morgan fingerprint density at radius 1 is 1.11 bits per heavy atom. The van der Waals surface area contributed by atoms with E-state index in [9.17, 15) is 0 Å². The molecule has 27 heavy (non-hydrogen) atoms. The van der Waals surface area contributed by atoms with Gasteiger partial charge in [-0.2, -0.15) is 0 Å². The number of nitrogens with zero attached hydrogens (tertiary/aromatic N) is 5. The van der Waals surface area contributed by atoms with E-state index in [1.165, 1.54) is 0 Å². The minimum Gasteiger partial charge on any atom is -0.462 e. The Labute approximate surface area is 163 Å². The van der Waals surface area contributed by atoms with E-state index in [0.29, 0.717) is 0 Å². The molecule has 1 saturated heterocycles. The van der Waals surface area contributed by atoms with Crippen LogP contribution in [-0.4, -0.2) is 59.1 Å². The summed E-state index contributed by atoms with van der Waals surface area (Å²) in [6.07, 6.45) is 6.43. The van der Waals surface area contributed by atoms with E-state index in [-0.39, 0.29) is 0 Å². The normalized spacial score (nSPS) is 15.3. The molecule has 0 bridgehead atoms. The predicted molar refractivity (Wildman–Crippen MR) is 107 cm³/mol. The van der Waals surface area contributed by atoms with Crippen LogP contribution in [0.1, 0.15) is 12.1 Å². The van der Waals surface area contributed by atoms with Crippen LogP contribution in [0.3, 0.4) is 0 Å². The average molecular weight is 385 g/mol. The largest absolute Gasteiger partial charge is 0.462 e. The van der Waals surface area contributed by atoms with Crippen LogP contribution >= 0.6 is 11.3 Å². The first-order chi connectivity index (χ1) is 13.4. The molecule has 4 rings (SSSR count). The SMILES string of the molecule is c1cnc(N2CCN(CCCNCc3csc(-c4ccco4)n3)CC2)nc1. The third kappa shape index (κ3) is 4.91. The number of thiazole rings is 1. The molecule has 3 aromatic rings. The Balaban J connectivity index is 1.11. The Morgan fingerprint density at radius 2 is 1.96 bits per heavy atom. The Kier molecular flexibility index (Phi) is 6.08. The van der Waals surface area contributed by atoms with Gasteiger partial charge in [0.15, 0.2) is 10.8 Å². The Hall–Kier alpha value is -2.29. The number of hydrogen-bond acceptors (Lipinski definition) is 8. The van der Waals surface area contributed by atoms with Gasteiger partial charge in [-0.15, -0.1) is 11.3 Å². The molecule has 0 aromatic carbocycles. The van der Waals surface area contributed by atoms with Gasteiger partial charge in [0, 0.05) is 50.5 Å². The summed E-state index contributed by atoms with van der Waals surface area (Å²) in [5.41, 5.74) is 1.07. The number of furan rings is 1. The molecule has 1 N–H and O–H groups in total. The maximum atomic E-state index is 5.39. The second-order valence-corrected chi connectivity index (χ2v) is 7.39. The molecule has 7 nitrogen and oxygen atoms in total. The molecule has 1 aliphatic rings. The third-order valence-electron chi connectivity index (χ3n) is 4.62. The van der Waals surface area contributed by atoms with Crippen LogP contribution in [-0.2, 0) is 6.54 Å². The first kappa shape index (κ1) is 18.1. The predicted octanol–water partition coefficient (Wildman–Crippen LogP) is 2.50. The second kappa shape index (κ2) is 9.07. The van der Waals surface area contributed by atoms with Crippen LogP contribution in [0, 0.1) is 0 Å². The summed E-state index contributed by atoms with van der Waals surface area (Å²) < 4.78 is 5.39. The number of aromatic nitrogens is 3. The Bertz CT molecular complexity index is 799. The van der Waals surface area contributed by atoms with Crippen LogP contribution in [0.25, 0.3) is 10.8 Å². The molecule has 0 unspecified atom stereocenters. The minimum atomic E-state index is 0.802. The summed E-state index contributed by atoms with van der Waals surface area (Å²) in [6.45, 7) is 7.03. The maximum absolute atomic E-state index is 5.39. The molecule has 3 aromatic heterocycles. The molecule has 0 spiro atoms. The van der Waals surface area contributed by atoms with Gasteiger partial charge in [0.2, 0.25) is 5.95 Å². The zero-order chi connectivity index (χ0) is 18.3. The fourth-order valence-corrected chi connectivity index (χ4v) is 3.96. The highest BCUT2D eigenvalue weighted by molar-refractivity contribution is 7.13. The zero-order valence-electron chi connectivity index (χ0n) is 15.3. The lowest BCUT2D eigenvalue weighted by molar-refractivity contribution is 0.252. The van der Waals surface area contributed by atoms with Gasteiger partial charge in [0.1, 0.15) is 0 Å². The van der Waals surface area contributed by atoms with E-state index in [1.807, 2.05) is 18.2 Å². The molecular formula is C19H24N6OS. The van der Waals surface area contributed by atoms with Gasteiger partial charge in [-0.25, -0.2) is 15.0 Å². The highest BCUT2D eigenvalue weighted by Gasteiger charge is 2.18. The summed E-state index contributed by atoms with van der Waals surface area (Å²) in [6, 6.07) is 5.69. The highest BCUT2D eigenvalue weighted by Crippen LogP contribution is 2.23. The number of nitrogens with one attached hydrogen (secondary N) is 1. The molecule has 0 radical (unpaired) electrons. The molecule has 0 atom stereocenters. The van der Waals surface area contributed by atoms with Gasteiger partial charge < -0.3 is 14.6 Å². The van der Waals surface area contributed by atoms with Crippen molar-refractivity contribution in [1.29, 1.82) is 0 Å². The van der Waals surface area contributed by atoms with E-state index in [1.54, 1.807) is 30.0 Å². The molecular weight excluding hydrogens is 360 g/mol. The van der Waals surface area contributed by atoms with Crippen molar-refractivity contribution in [2.24, 2.45) is 0 Å². The lowest BCUT2D eigenvalue weighted by Gasteiger charge is -2.34. The molecule has 0 amide bonds. The molecule has 1 aliphatic heterocycles. The van der Waals surface area contributed by atoms with E-state index in [4.69, 9.17) is 4.42 Å². The summed E-state index contributed by atoms with van der Waals surface area (Å²) in [5, 5.41) is 6.53. The fraction of sp³-hybridized carbons (Fsp3) is 0.421. The summed E-state index contributed by atoms with van der Waals surface area (Å²) in [5.74, 6) is 1.68. The smallest absolute Gasteiger partial charge is 0.225 e. The lowest BCUT2D eigenvalue weighted by atomic mass is 10.3. The van der Waals surface area contributed by atoms with Crippen molar-refractivity contribution in [1.82, 2.24) is 25.2 Å². The van der Waals surface area contributed by atoms with Crippen LogP contribution in [0.5, 0.6) is 0 Å². The fourth-order valence-electron chi connectivity index (χ4n) is 3.17. The third-order valence-corrected chi connectivity index (χ3v) is 5.53. The summed E-state index contributed by atoms with van der Waals surface area (Å²) in [4.78, 5) is 18.1. The lowest BCUT2D eigenvalue weighted by Crippen LogP contribution is -2.47. The first-order valence-electron chi connectivity index (χ1n) is 9.32. The van der Waals surface area contributed by atoms with Crippen molar-refractivity contribution < 1.29 is 4.42 Å². The molecule has 142 valence electrons. The summed E-state index contributed by atoms with van der Waals surface area (Å²) in [7, 11) is 0. The topological polar surface area (TPSA) is 70.3 Å². The number of anilines is 1. The number of rotatable bonds is 8. The quantitative estimate of drug-likeness (QED) is 0.598. The van der Waals surface area contributed by atoms with E-state index in [0.717, 1.165) is 74.6 Å². The van der Waals surface area contributed by atoms with Crippen molar-refractivity contribution in [2.75, 3.05) is 44.2 Å². The molecule has 0 aliphatic carbocycles. The monoisotopic (exact) mass is 384 g/mol. The Morgan fingerprint density at radius 3 is 2.74 bits per heavy atom. The van der Waals surface area contributed by atoms with Crippen molar-refractivity contribution in [3.05, 3.63) is 47.9 Å². The van der Waals surface area contributed by atoms with Gasteiger partial charge in [0.05, 0.1) is 12.0 Å². The maximum Gasteiger partial charge on any atom is 0.225 e. The average Bonchev–Trinajstić information content (AvgIpc) is 3.41. The minimum absolute atomic E-state index is 0.802. The van der Waals surface area contributed by atoms with E-state index < -0.39 is 0 Å².